The molecule has 1 aromatic rings. The third-order valence-electron chi connectivity index (χ3n) is 2.51. The lowest BCUT2D eigenvalue weighted by Crippen LogP contribution is -2.29. The van der Waals surface area contributed by atoms with E-state index in [1.54, 1.807) is 0 Å². The molecule has 7 heteroatoms. The van der Waals surface area contributed by atoms with Gasteiger partial charge in [0.25, 0.3) is 5.91 Å². The van der Waals surface area contributed by atoms with Crippen LogP contribution in [0, 0.1) is 0 Å². The van der Waals surface area contributed by atoms with Crippen LogP contribution in [0.1, 0.15) is 28.3 Å². The standard InChI is InChI=1S/C10H15N3O3S/c11-13-9(14)10-12-7(6-17-10)5-16-8-1-3-15-4-2-8/h6,8H,1-5,11H2,(H,13,14). The van der Waals surface area contributed by atoms with Crippen molar-refractivity contribution < 1.29 is 14.3 Å². The minimum Gasteiger partial charge on any atom is -0.381 e. The van der Waals surface area contributed by atoms with E-state index >= 15 is 0 Å². The second-order valence-electron chi connectivity index (χ2n) is 3.74. The van der Waals surface area contributed by atoms with Crippen molar-refractivity contribution in [3.05, 3.63) is 16.1 Å². The number of nitrogens with zero attached hydrogens (tertiary/aromatic N) is 1. The SMILES string of the molecule is NNC(=O)c1nc(COC2CCOCC2)cs1. The molecule has 0 spiro atoms. The van der Waals surface area contributed by atoms with Gasteiger partial charge in [0.2, 0.25) is 0 Å². The molecule has 6 nitrogen and oxygen atoms in total. The number of nitrogens with two attached hydrogens (primary N) is 1. The van der Waals surface area contributed by atoms with E-state index in [1.165, 1.54) is 11.3 Å². The highest BCUT2D eigenvalue weighted by molar-refractivity contribution is 7.11. The third-order valence-corrected chi connectivity index (χ3v) is 3.40. The summed E-state index contributed by atoms with van der Waals surface area (Å²) in [5.41, 5.74) is 2.82. The quantitative estimate of drug-likeness (QED) is 0.464. The van der Waals surface area contributed by atoms with Crippen LogP contribution in [-0.4, -0.2) is 30.2 Å². The summed E-state index contributed by atoms with van der Waals surface area (Å²) >= 11 is 1.26. The van der Waals surface area contributed by atoms with E-state index in [-0.39, 0.29) is 12.0 Å². The summed E-state index contributed by atoms with van der Waals surface area (Å²) in [4.78, 5) is 15.3. The summed E-state index contributed by atoms with van der Waals surface area (Å²) in [6.45, 7) is 1.93. The molecule has 17 heavy (non-hydrogen) atoms. The van der Waals surface area contributed by atoms with Crippen molar-refractivity contribution in [2.75, 3.05) is 13.2 Å². The molecule has 1 aromatic heterocycles. The number of rotatable bonds is 4. The van der Waals surface area contributed by atoms with Crippen molar-refractivity contribution in [3.8, 4) is 0 Å². The number of thiazole rings is 1. The fourth-order valence-corrected chi connectivity index (χ4v) is 2.29. The monoisotopic (exact) mass is 257 g/mol. The number of amides is 1. The molecule has 3 N–H and O–H groups in total. The van der Waals surface area contributed by atoms with Crippen LogP contribution in [0.4, 0.5) is 0 Å². The minimum atomic E-state index is -0.368. The number of aromatic nitrogens is 1. The van der Waals surface area contributed by atoms with Crippen molar-refractivity contribution in [2.24, 2.45) is 5.84 Å². The lowest BCUT2D eigenvalue weighted by Gasteiger charge is -2.21. The molecule has 1 fully saturated rings. The normalized spacial score (nSPS) is 17.0. The molecule has 0 saturated carbocycles. The zero-order valence-electron chi connectivity index (χ0n) is 9.35. The van der Waals surface area contributed by atoms with Crippen LogP contribution in [-0.2, 0) is 16.1 Å². The molecule has 0 aliphatic carbocycles. The number of carbonyl (C=O) groups is 1. The Morgan fingerprint density at radius 2 is 2.41 bits per heavy atom. The van der Waals surface area contributed by atoms with Crippen LogP contribution in [0.5, 0.6) is 0 Å². The highest BCUT2D eigenvalue weighted by atomic mass is 32.1. The molecule has 0 aromatic carbocycles. The molecular formula is C10H15N3O3S. The Hall–Kier alpha value is -1.02. The Morgan fingerprint density at radius 3 is 3.12 bits per heavy atom. The largest absolute Gasteiger partial charge is 0.381 e. The summed E-state index contributed by atoms with van der Waals surface area (Å²) in [5.74, 6) is 4.66. The molecule has 2 rings (SSSR count). The van der Waals surface area contributed by atoms with Gasteiger partial charge in [-0.3, -0.25) is 10.2 Å². The maximum absolute atomic E-state index is 11.2. The van der Waals surface area contributed by atoms with Gasteiger partial charge in [0.05, 0.1) is 18.4 Å². The van der Waals surface area contributed by atoms with Gasteiger partial charge in [0.1, 0.15) is 0 Å². The topological polar surface area (TPSA) is 86.5 Å². The average molecular weight is 257 g/mol. The molecule has 0 bridgehead atoms. The Balaban J connectivity index is 1.82. The van der Waals surface area contributed by atoms with E-state index in [2.05, 4.69) is 10.4 Å². The summed E-state index contributed by atoms with van der Waals surface area (Å²) in [6, 6.07) is 0. The van der Waals surface area contributed by atoms with Gasteiger partial charge in [0, 0.05) is 18.6 Å². The predicted octanol–water partition coefficient (Wildman–Crippen LogP) is 0.442. The van der Waals surface area contributed by atoms with E-state index in [9.17, 15) is 4.79 Å². The van der Waals surface area contributed by atoms with Gasteiger partial charge in [-0.1, -0.05) is 0 Å². The molecular weight excluding hydrogens is 242 g/mol. The van der Waals surface area contributed by atoms with Crippen molar-refractivity contribution in [1.29, 1.82) is 0 Å². The number of ether oxygens (including phenoxy) is 2. The molecule has 1 aliphatic rings. The van der Waals surface area contributed by atoms with E-state index in [0.717, 1.165) is 31.7 Å². The Kier molecular flexibility index (Phi) is 4.43. The van der Waals surface area contributed by atoms with Gasteiger partial charge in [0.15, 0.2) is 5.01 Å². The number of nitrogens with one attached hydrogen (secondary N) is 1. The molecule has 0 atom stereocenters. The Bertz CT molecular complexity index is 377. The smallest absolute Gasteiger partial charge is 0.294 e. The maximum Gasteiger partial charge on any atom is 0.294 e. The number of carbonyl (C=O) groups excluding carboxylic acids is 1. The van der Waals surface area contributed by atoms with Crippen molar-refractivity contribution in [3.63, 3.8) is 0 Å². The summed E-state index contributed by atoms with van der Waals surface area (Å²) in [5, 5.41) is 2.17. The van der Waals surface area contributed by atoms with Gasteiger partial charge < -0.3 is 9.47 Å². The van der Waals surface area contributed by atoms with Crippen LogP contribution in [0.3, 0.4) is 0 Å². The first-order chi connectivity index (χ1) is 8.29. The van der Waals surface area contributed by atoms with Crippen molar-refractivity contribution in [2.45, 2.75) is 25.6 Å². The summed E-state index contributed by atoms with van der Waals surface area (Å²) < 4.78 is 10.9. The highest BCUT2D eigenvalue weighted by Crippen LogP contribution is 2.15. The zero-order chi connectivity index (χ0) is 12.1. The molecule has 0 unspecified atom stereocenters. The first-order valence-corrected chi connectivity index (χ1v) is 6.32. The molecule has 1 amide bonds. The van der Waals surface area contributed by atoms with Gasteiger partial charge in [-0.05, 0) is 12.8 Å². The predicted molar refractivity (Wildman–Crippen MR) is 62.4 cm³/mol. The van der Waals surface area contributed by atoms with Crippen LogP contribution in [0.15, 0.2) is 5.38 Å². The van der Waals surface area contributed by atoms with Crippen LogP contribution < -0.4 is 11.3 Å². The van der Waals surface area contributed by atoms with Gasteiger partial charge in [-0.2, -0.15) is 0 Å². The number of hydrazine groups is 1. The first kappa shape index (κ1) is 12.4. The molecule has 94 valence electrons. The Labute approximate surface area is 103 Å². The van der Waals surface area contributed by atoms with E-state index in [4.69, 9.17) is 15.3 Å². The second kappa shape index (κ2) is 6.06. The van der Waals surface area contributed by atoms with Crippen LogP contribution >= 0.6 is 11.3 Å². The minimum absolute atomic E-state index is 0.234. The molecule has 1 aliphatic heterocycles. The zero-order valence-corrected chi connectivity index (χ0v) is 10.2. The molecule has 2 heterocycles. The maximum atomic E-state index is 11.2. The number of hydrogen-bond acceptors (Lipinski definition) is 6. The number of nitrogen functional groups attached to an aromatic ring is 1. The van der Waals surface area contributed by atoms with E-state index < -0.39 is 0 Å². The summed E-state index contributed by atoms with van der Waals surface area (Å²) in [7, 11) is 0. The second-order valence-corrected chi connectivity index (χ2v) is 4.60. The lowest BCUT2D eigenvalue weighted by molar-refractivity contribution is -0.0398. The fourth-order valence-electron chi connectivity index (χ4n) is 1.59. The van der Waals surface area contributed by atoms with Crippen LogP contribution in [0.2, 0.25) is 0 Å². The van der Waals surface area contributed by atoms with E-state index in [1.807, 2.05) is 5.38 Å². The third kappa shape index (κ3) is 3.47. The molecule has 1 saturated heterocycles. The highest BCUT2D eigenvalue weighted by Gasteiger charge is 2.15. The summed E-state index contributed by atoms with van der Waals surface area (Å²) in [6.07, 6.45) is 2.07. The van der Waals surface area contributed by atoms with Crippen molar-refractivity contribution in [1.82, 2.24) is 10.4 Å². The van der Waals surface area contributed by atoms with Gasteiger partial charge in [-0.15, -0.1) is 11.3 Å². The van der Waals surface area contributed by atoms with E-state index in [0.29, 0.717) is 11.6 Å². The van der Waals surface area contributed by atoms with Gasteiger partial charge >= 0.3 is 0 Å². The van der Waals surface area contributed by atoms with Crippen molar-refractivity contribution >= 4 is 17.2 Å². The average Bonchev–Trinajstić information content (AvgIpc) is 2.85. The fraction of sp³-hybridized carbons (Fsp3) is 0.600. The molecule has 0 radical (unpaired) electrons. The first-order valence-electron chi connectivity index (χ1n) is 5.44. The lowest BCUT2D eigenvalue weighted by atomic mass is 10.1. The number of hydrogen-bond donors (Lipinski definition) is 2. The van der Waals surface area contributed by atoms with Crippen LogP contribution in [0.25, 0.3) is 0 Å². The Morgan fingerprint density at radius 1 is 1.65 bits per heavy atom. The van der Waals surface area contributed by atoms with Gasteiger partial charge in [-0.25, -0.2) is 10.8 Å².